The van der Waals surface area contributed by atoms with Gasteiger partial charge >= 0.3 is 0 Å². The molecule has 4 amide bonds. The van der Waals surface area contributed by atoms with E-state index in [4.69, 9.17) is 4.74 Å². The molecule has 2 heterocycles. The molecule has 10 nitrogen and oxygen atoms in total. The Balaban J connectivity index is 1.48. The van der Waals surface area contributed by atoms with Crippen molar-refractivity contribution >= 4 is 34.5 Å². The number of nitrogens with one attached hydrogen (secondary N) is 5. The summed E-state index contributed by atoms with van der Waals surface area (Å²) in [6.45, 7) is 5.37. The summed E-state index contributed by atoms with van der Waals surface area (Å²) in [5, 5.41) is 12.8. The number of aromatic amines is 1. The molecule has 2 bridgehead atoms. The van der Waals surface area contributed by atoms with Crippen molar-refractivity contribution in [3.63, 3.8) is 0 Å². The number of amides is 4. The van der Waals surface area contributed by atoms with Gasteiger partial charge in [-0.05, 0) is 67.1 Å². The van der Waals surface area contributed by atoms with Crippen molar-refractivity contribution in [3.8, 4) is 5.75 Å². The molecule has 1 aromatic heterocycles. The Labute approximate surface area is 275 Å². The zero-order valence-corrected chi connectivity index (χ0v) is 27.3. The molecule has 3 aromatic carbocycles. The van der Waals surface area contributed by atoms with Crippen molar-refractivity contribution in [2.75, 3.05) is 7.11 Å². The van der Waals surface area contributed by atoms with Crippen LogP contribution in [-0.4, -0.2) is 53.8 Å². The summed E-state index contributed by atoms with van der Waals surface area (Å²) < 4.78 is 5.32. The van der Waals surface area contributed by atoms with Crippen molar-refractivity contribution < 1.29 is 23.9 Å². The Bertz CT molecular complexity index is 1730. The van der Waals surface area contributed by atoms with Crippen molar-refractivity contribution in [2.24, 2.45) is 5.92 Å². The zero-order valence-electron chi connectivity index (χ0n) is 27.3. The van der Waals surface area contributed by atoms with Crippen LogP contribution in [0.3, 0.4) is 0 Å². The molecule has 1 aliphatic rings. The minimum atomic E-state index is -0.996. The lowest BCUT2D eigenvalue weighted by Crippen LogP contribution is -2.54. The van der Waals surface area contributed by atoms with Crippen LogP contribution in [0.15, 0.2) is 79.0 Å². The van der Waals surface area contributed by atoms with Gasteiger partial charge in [-0.25, -0.2) is 0 Å². The van der Waals surface area contributed by atoms with Gasteiger partial charge in [-0.3, -0.25) is 19.2 Å². The van der Waals surface area contributed by atoms with E-state index in [1.165, 1.54) is 0 Å². The van der Waals surface area contributed by atoms with Gasteiger partial charge < -0.3 is 31.0 Å². The van der Waals surface area contributed by atoms with Gasteiger partial charge in [-0.1, -0.05) is 61.5 Å². The van der Waals surface area contributed by atoms with E-state index in [1.54, 1.807) is 26.2 Å². The smallest absolute Gasteiger partial charge is 0.243 e. The van der Waals surface area contributed by atoms with Gasteiger partial charge in [-0.2, -0.15) is 0 Å². The number of para-hydroxylation sites is 1. The topological polar surface area (TPSA) is 141 Å². The molecule has 10 heteroatoms. The molecule has 0 fully saturated rings. The number of ether oxygens (including phenoxy) is 1. The minimum absolute atomic E-state index is 0.0137. The zero-order chi connectivity index (χ0) is 33.5. The number of carbonyl (C=O) groups is 4. The molecular formula is C37H43N5O5. The van der Waals surface area contributed by atoms with E-state index in [2.05, 4.69) is 26.3 Å². The van der Waals surface area contributed by atoms with E-state index < -0.39 is 35.9 Å². The second-order valence-corrected chi connectivity index (χ2v) is 12.5. The number of rotatable bonds is 4. The summed E-state index contributed by atoms with van der Waals surface area (Å²) in [7, 11) is 1.57. The number of H-pyrrole nitrogens is 1. The minimum Gasteiger partial charge on any atom is -0.497 e. The van der Waals surface area contributed by atoms with Crippen LogP contribution in [-0.2, 0) is 38.4 Å². The highest BCUT2D eigenvalue weighted by Gasteiger charge is 2.29. The SMILES string of the molecule is COc1ccc(C2CC(=O)N[C@@H](C)Cc3cccc(c3)C[C@H](C)C(=O)N[C@@H](C)C(=O)NC(Cc3c[nH]c4ccccc34)C(=O)N2)cc1. The van der Waals surface area contributed by atoms with Crippen molar-refractivity contribution in [2.45, 2.75) is 70.6 Å². The lowest BCUT2D eigenvalue weighted by molar-refractivity contribution is -0.133. The first kappa shape index (κ1) is 33.2. The molecule has 5 rings (SSSR count). The monoisotopic (exact) mass is 637 g/mol. The Morgan fingerprint density at radius 1 is 0.723 bits per heavy atom. The average Bonchev–Trinajstić information content (AvgIpc) is 3.46. The maximum atomic E-state index is 14.1. The fraction of sp³-hybridized carbons (Fsp3) is 0.351. The molecule has 5 atom stereocenters. The highest BCUT2D eigenvalue weighted by Crippen LogP contribution is 2.23. The first-order chi connectivity index (χ1) is 22.6. The van der Waals surface area contributed by atoms with Gasteiger partial charge in [-0.15, -0.1) is 0 Å². The van der Waals surface area contributed by atoms with E-state index in [1.807, 2.05) is 80.7 Å². The maximum absolute atomic E-state index is 14.1. The van der Waals surface area contributed by atoms with Crippen LogP contribution < -0.4 is 26.0 Å². The van der Waals surface area contributed by atoms with Crippen LogP contribution in [0.2, 0.25) is 0 Å². The van der Waals surface area contributed by atoms with Gasteiger partial charge in [0.15, 0.2) is 0 Å². The van der Waals surface area contributed by atoms with Crippen LogP contribution in [0, 0.1) is 5.92 Å². The molecule has 1 aliphatic heterocycles. The molecule has 2 unspecified atom stereocenters. The van der Waals surface area contributed by atoms with E-state index in [9.17, 15) is 19.2 Å². The fourth-order valence-electron chi connectivity index (χ4n) is 6.06. The van der Waals surface area contributed by atoms with Gasteiger partial charge in [0, 0.05) is 35.5 Å². The average molecular weight is 638 g/mol. The van der Waals surface area contributed by atoms with Gasteiger partial charge in [0.25, 0.3) is 0 Å². The van der Waals surface area contributed by atoms with Crippen LogP contribution in [0.4, 0.5) is 0 Å². The van der Waals surface area contributed by atoms with Crippen LogP contribution in [0.1, 0.15) is 55.5 Å². The Morgan fingerprint density at radius 2 is 1.45 bits per heavy atom. The Morgan fingerprint density at radius 3 is 2.19 bits per heavy atom. The second kappa shape index (κ2) is 15.0. The second-order valence-electron chi connectivity index (χ2n) is 12.5. The molecule has 246 valence electrons. The predicted molar refractivity (Wildman–Crippen MR) is 181 cm³/mol. The molecule has 0 saturated carbocycles. The van der Waals surface area contributed by atoms with E-state index in [-0.39, 0.29) is 30.7 Å². The van der Waals surface area contributed by atoms with Crippen LogP contribution >= 0.6 is 0 Å². The van der Waals surface area contributed by atoms with Gasteiger partial charge in [0.1, 0.15) is 17.8 Å². The molecule has 4 aromatic rings. The Kier molecular flexibility index (Phi) is 10.6. The lowest BCUT2D eigenvalue weighted by Gasteiger charge is -2.26. The van der Waals surface area contributed by atoms with E-state index >= 15 is 0 Å². The quantitative estimate of drug-likeness (QED) is 0.231. The summed E-state index contributed by atoms with van der Waals surface area (Å²) in [5.74, 6) is -1.17. The fourth-order valence-corrected chi connectivity index (χ4v) is 6.06. The Hall–Kier alpha value is -5.12. The first-order valence-corrected chi connectivity index (χ1v) is 16.1. The molecule has 0 aliphatic carbocycles. The molecule has 0 spiro atoms. The number of hydrogen-bond acceptors (Lipinski definition) is 5. The van der Waals surface area contributed by atoms with E-state index in [0.29, 0.717) is 24.2 Å². The number of methoxy groups -OCH3 is 1. The normalized spacial score (nSPS) is 23.4. The summed E-state index contributed by atoms with van der Waals surface area (Å²) in [6, 6.07) is 20.1. The summed E-state index contributed by atoms with van der Waals surface area (Å²) >= 11 is 0. The lowest BCUT2D eigenvalue weighted by atomic mass is 9.96. The summed E-state index contributed by atoms with van der Waals surface area (Å²) in [4.78, 5) is 57.4. The predicted octanol–water partition coefficient (Wildman–Crippen LogP) is 3.90. The standard InChI is InChI=1S/C37H43N5O5/c1-22-16-25-8-7-9-26(18-25)17-23(2)39-34(43)20-32(27-12-14-29(47-4)15-13-27)41-37(46)33(42-36(45)24(3)40-35(22)44)19-28-21-38-31-11-6-5-10-30(28)31/h5-15,18,21-24,32-33,38H,16-17,19-20H2,1-4H3,(H,39,43)(H,40,44)(H,41,46)(H,42,45)/t22-,23-,24-,32?,33?/m0/s1. The highest BCUT2D eigenvalue weighted by molar-refractivity contribution is 5.93. The number of hydrogen-bond donors (Lipinski definition) is 5. The van der Waals surface area contributed by atoms with Crippen molar-refractivity contribution in [1.29, 1.82) is 0 Å². The molecule has 0 saturated heterocycles. The largest absolute Gasteiger partial charge is 0.497 e. The molecule has 47 heavy (non-hydrogen) atoms. The first-order valence-electron chi connectivity index (χ1n) is 16.1. The van der Waals surface area contributed by atoms with Crippen LogP contribution in [0.5, 0.6) is 5.75 Å². The number of benzene rings is 3. The molecule has 0 radical (unpaired) electrons. The third-order valence-electron chi connectivity index (χ3n) is 8.64. The summed E-state index contributed by atoms with van der Waals surface area (Å²) in [6.07, 6.45) is 3.09. The third-order valence-corrected chi connectivity index (χ3v) is 8.64. The molecular weight excluding hydrogens is 594 g/mol. The van der Waals surface area contributed by atoms with E-state index in [0.717, 1.165) is 27.6 Å². The molecule has 5 N–H and O–H groups in total. The van der Waals surface area contributed by atoms with Crippen molar-refractivity contribution in [1.82, 2.24) is 26.3 Å². The third kappa shape index (κ3) is 8.58. The number of aromatic nitrogens is 1. The summed E-state index contributed by atoms with van der Waals surface area (Å²) in [5.41, 5.74) is 4.50. The van der Waals surface area contributed by atoms with Gasteiger partial charge in [0.2, 0.25) is 23.6 Å². The maximum Gasteiger partial charge on any atom is 0.243 e. The van der Waals surface area contributed by atoms with Crippen LogP contribution in [0.25, 0.3) is 10.9 Å². The number of carbonyl (C=O) groups excluding carboxylic acids is 4. The van der Waals surface area contributed by atoms with Gasteiger partial charge in [0.05, 0.1) is 19.6 Å². The van der Waals surface area contributed by atoms with Crippen molar-refractivity contribution in [3.05, 3.63) is 101 Å². The highest BCUT2D eigenvalue weighted by atomic mass is 16.5. The number of fused-ring (bicyclic) bond motifs is 3.